The fraction of sp³-hybridized carbons (Fsp3) is 0.400. The normalized spacial score (nSPS) is 13.6. The number of rotatable bonds is 9. The lowest BCUT2D eigenvalue weighted by molar-refractivity contribution is 0.0916. The number of Topliss-reactive ketones (excluding diaryl/α,β-unsaturated/α-hetero) is 1. The third-order valence-corrected chi connectivity index (χ3v) is 6.79. The number of carbonyl (C=O) groups excluding carboxylic acids is 2. The number of benzene rings is 2. The number of likely N-dealkylation sites (tertiary alicyclic amines) is 1. The molecule has 1 amide bonds. The lowest BCUT2D eigenvalue weighted by Crippen LogP contribution is -2.43. The highest BCUT2D eigenvalue weighted by Gasteiger charge is 2.21. The molecule has 3 aromatic rings. The van der Waals surface area contributed by atoms with Gasteiger partial charge in [-0.1, -0.05) is 44.5 Å². The molecule has 0 aliphatic carbocycles. The second kappa shape index (κ2) is 14.6. The van der Waals surface area contributed by atoms with Crippen molar-refractivity contribution in [1.82, 2.24) is 20.2 Å². The van der Waals surface area contributed by atoms with E-state index < -0.39 is 0 Å². The Kier molecular flexibility index (Phi) is 11.3. The Morgan fingerprint density at radius 3 is 2.50 bits per heavy atom. The zero-order valence-electron chi connectivity index (χ0n) is 24.0. The van der Waals surface area contributed by atoms with Crippen LogP contribution in [0.1, 0.15) is 66.8 Å². The Hall–Kier alpha value is -3.69. The van der Waals surface area contributed by atoms with Gasteiger partial charge in [-0.25, -0.2) is 4.98 Å². The SMILES string of the molecule is CC.CCc1cccc(Oc2nc(Nc3ccc(C(=O)NC4CCN(C)CC4)cc3OC)ncc2Cl)c1C(C)=O. The molecule has 2 aromatic carbocycles. The van der Waals surface area contributed by atoms with Crippen molar-refractivity contribution >= 4 is 34.9 Å². The van der Waals surface area contributed by atoms with Gasteiger partial charge in [0.1, 0.15) is 16.5 Å². The second-order valence-electron chi connectivity index (χ2n) is 9.24. The maximum absolute atomic E-state index is 12.8. The van der Waals surface area contributed by atoms with Gasteiger partial charge >= 0.3 is 0 Å². The number of ether oxygens (including phenoxy) is 2. The van der Waals surface area contributed by atoms with Crippen molar-refractivity contribution in [3.05, 3.63) is 64.3 Å². The standard InChI is InChI=1S/C28H32ClN5O4.C2H6/c1-5-18-7-6-8-23(25(18)17(2)35)38-27-21(29)16-30-28(33-27)32-22-10-9-19(15-24(22)37-4)26(36)31-20-11-13-34(3)14-12-20;1-2/h6-10,15-16,20H,5,11-14H2,1-4H3,(H,31,36)(H,30,32,33);1-2H3. The van der Waals surface area contributed by atoms with Crippen LogP contribution < -0.4 is 20.1 Å². The van der Waals surface area contributed by atoms with E-state index in [0.29, 0.717) is 34.7 Å². The number of ketones is 1. The number of piperidine rings is 1. The highest BCUT2D eigenvalue weighted by atomic mass is 35.5. The molecule has 9 nitrogen and oxygen atoms in total. The fourth-order valence-electron chi connectivity index (χ4n) is 4.42. The predicted octanol–water partition coefficient (Wildman–Crippen LogP) is 6.29. The Balaban J connectivity index is 0.00000216. The van der Waals surface area contributed by atoms with Crippen LogP contribution in [-0.2, 0) is 6.42 Å². The van der Waals surface area contributed by atoms with Gasteiger partial charge < -0.3 is 25.0 Å². The number of nitrogens with one attached hydrogen (secondary N) is 2. The second-order valence-corrected chi connectivity index (χ2v) is 9.65. The molecular formula is C30H38ClN5O4. The number of methoxy groups -OCH3 is 1. The molecule has 2 N–H and O–H groups in total. The number of halogens is 1. The van der Waals surface area contributed by atoms with Gasteiger partial charge in [0.05, 0.1) is 24.6 Å². The molecule has 1 aliphatic rings. The minimum Gasteiger partial charge on any atom is -0.495 e. The van der Waals surface area contributed by atoms with Gasteiger partial charge in [0, 0.05) is 11.6 Å². The molecule has 1 fully saturated rings. The van der Waals surface area contributed by atoms with Gasteiger partial charge in [-0.15, -0.1) is 0 Å². The number of anilines is 2. The van der Waals surface area contributed by atoms with Crippen LogP contribution in [0.4, 0.5) is 11.6 Å². The first kappa shape index (κ1) is 30.8. The number of hydrogen-bond acceptors (Lipinski definition) is 8. The molecule has 40 heavy (non-hydrogen) atoms. The molecule has 0 radical (unpaired) electrons. The molecule has 0 saturated carbocycles. The zero-order valence-corrected chi connectivity index (χ0v) is 24.8. The zero-order chi connectivity index (χ0) is 29.2. The molecule has 0 spiro atoms. The molecule has 1 saturated heterocycles. The van der Waals surface area contributed by atoms with Crippen molar-refractivity contribution in [2.45, 2.75) is 53.0 Å². The van der Waals surface area contributed by atoms with Crippen molar-refractivity contribution in [2.24, 2.45) is 0 Å². The van der Waals surface area contributed by atoms with Gasteiger partial charge in [0.2, 0.25) is 11.8 Å². The third-order valence-electron chi connectivity index (χ3n) is 6.53. The fourth-order valence-corrected chi connectivity index (χ4v) is 4.55. The van der Waals surface area contributed by atoms with Gasteiger partial charge in [0.25, 0.3) is 5.91 Å². The summed E-state index contributed by atoms with van der Waals surface area (Å²) in [6.45, 7) is 9.40. The van der Waals surface area contributed by atoms with Crippen LogP contribution in [0.5, 0.6) is 17.4 Å². The Labute approximate surface area is 241 Å². The average molecular weight is 568 g/mol. The lowest BCUT2D eigenvalue weighted by atomic mass is 10.0. The van der Waals surface area contributed by atoms with Crippen LogP contribution in [0.15, 0.2) is 42.6 Å². The van der Waals surface area contributed by atoms with Crippen LogP contribution in [-0.4, -0.2) is 59.8 Å². The molecule has 1 aromatic heterocycles. The number of aryl methyl sites for hydroxylation is 1. The number of carbonyl (C=O) groups is 2. The van der Waals surface area contributed by atoms with Crippen LogP contribution in [0.2, 0.25) is 5.02 Å². The summed E-state index contributed by atoms with van der Waals surface area (Å²) in [5, 5.41) is 6.41. The monoisotopic (exact) mass is 567 g/mol. The van der Waals surface area contributed by atoms with E-state index in [-0.39, 0.29) is 34.6 Å². The van der Waals surface area contributed by atoms with E-state index in [1.165, 1.54) is 20.2 Å². The summed E-state index contributed by atoms with van der Waals surface area (Å²) in [6.07, 6.45) is 3.95. The molecule has 10 heteroatoms. The summed E-state index contributed by atoms with van der Waals surface area (Å²) in [4.78, 5) is 36.0. The molecule has 1 aliphatic heterocycles. The first-order chi connectivity index (χ1) is 19.3. The molecule has 4 rings (SSSR count). The van der Waals surface area contributed by atoms with E-state index >= 15 is 0 Å². The van der Waals surface area contributed by atoms with E-state index in [4.69, 9.17) is 21.1 Å². The van der Waals surface area contributed by atoms with Gasteiger partial charge in [-0.3, -0.25) is 9.59 Å². The number of aromatic nitrogens is 2. The highest BCUT2D eigenvalue weighted by molar-refractivity contribution is 6.31. The van der Waals surface area contributed by atoms with Crippen molar-refractivity contribution in [1.29, 1.82) is 0 Å². The van der Waals surface area contributed by atoms with Gasteiger partial charge in [-0.05, 0) is 76.2 Å². The lowest BCUT2D eigenvalue weighted by Gasteiger charge is -2.29. The van der Waals surface area contributed by atoms with Crippen LogP contribution in [0.3, 0.4) is 0 Å². The van der Waals surface area contributed by atoms with E-state index in [1.807, 2.05) is 32.9 Å². The molecule has 0 bridgehead atoms. The van der Waals surface area contributed by atoms with E-state index in [9.17, 15) is 9.59 Å². The number of nitrogens with zero attached hydrogens (tertiary/aromatic N) is 3. The Morgan fingerprint density at radius 1 is 1.12 bits per heavy atom. The maximum atomic E-state index is 12.8. The summed E-state index contributed by atoms with van der Waals surface area (Å²) in [7, 11) is 3.61. The summed E-state index contributed by atoms with van der Waals surface area (Å²) in [5.41, 5.74) is 2.44. The summed E-state index contributed by atoms with van der Waals surface area (Å²) < 4.78 is 11.5. The minimum absolute atomic E-state index is 0.105. The average Bonchev–Trinajstić information content (AvgIpc) is 2.96. The molecule has 2 heterocycles. The summed E-state index contributed by atoms with van der Waals surface area (Å²) in [5.74, 6) is 0.900. The first-order valence-corrected chi connectivity index (χ1v) is 13.9. The highest BCUT2D eigenvalue weighted by Crippen LogP contribution is 2.33. The Morgan fingerprint density at radius 2 is 1.85 bits per heavy atom. The minimum atomic E-state index is -0.140. The Bertz CT molecular complexity index is 1330. The van der Waals surface area contributed by atoms with Crippen molar-refractivity contribution in [3.8, 4) is 17.4 Å². The smallest absolute Gasteiger partial charge is 0.251 e. The van der Waals surface area contributed by atoms with E-state index in [1.54, 1.807) is 24.3 Å². The van der Waals surface area contributed by atoms with E-state index in [0.717, 1.165) is 31.5 Å². The summed E-state index contributed by atoms with van der Waals surface area (Å²) >= 11 is 6.32. The van der Waals surface area contributed by atoms with Crippen molar-refractivity contribution < 1.29 is 19.1 Å². The topological polar surface area (TPSA) is 106 Å². The van der Waals surface area contributed by atoms with Crippen LogP contribution in [0, 0.1) is 0 Å². The van der Waals surface area contributed by atoms with Crippen LogP contribution >= 0.6 is 11.6 Å². The molecular weight excluding hydrogens is 530 g/mol. The summed E-state index contributed by atoms with van der Waals surface area (Å²) in [6, 6.07) is 10.7. The first-order valence-electron chi connectivity index (χ1n) is 13.6. The number of hydrogen-bond donors (Lipinski definition) is 2. The van der Waals surface area contributed by atoms with Gasteiger partial charge in [0.15, 0.2) is 5.78 Å². The van der Waals surface area contributed by atoms with Gasteiger partial charge in [-0.2, -0.15) is 4.98 Å². The number of amides is 1. The van der Waals surface area contributed by atoms with Crippen molar-refractivity contribution in [2.75, 3.05) is 32.6 Å². The third kappa shape index (κ3) is 7.70. The van der Waals surface area contributed by atoms with E-state index in [2.05, 4.69) is 32.5 Å². The predicted molar refractivity (Wildman–Crippen MR) is 159 cm³/mol. The molecule has 0 unspecified atom stereocenters. The largest absolute Gasteiger partial charge is 0.495 e. The molecule has 214 valence electrons. The quantitative estimate of drug-likeness (QED) is 0.291. The molecule has 0 atom stereocenters. The van der Waals surface area contributed by atoms with Crippen LogP contribution in [0.25, 0.3) is 0 Å². The van der Waals surface area contributed by atoms with Crippen molar-refractivity contribution in [3.63, 3.8) is 0 Å². The maximum Gasteiger partial charge on any atom is 0.251 e.